The summed E-state index contributed by atoms with van der Waals surface area (Å²) < 4.78 is 5.11. The fraction of sp³-hybridized carbons (Fsp3) is 0.118. The number of allylic oxidation sites excluding steroid dienone is 2. The number of phenols is 2. The van der Waals surface area contributed by atoms with Crippen LogP contribution in [0.3, 0.4) is 0 Å². The number of ether oxygens (including phenoxy) is 1. The summed E-state index contributed by atoms with van der Waals surface area (Å²) in [5, 5.41) is 19.5. The first-order chi connectivity index (χ1) is 10.1. The number of fused-ring (bicyclic) bond motifs is 1. The second-order valence-corrected chi connectivity index (χ2v) is 4.90. The number of benzene rings is 2. The number of ketones is 1. The molecule has 4 nitrogen and oxygen atoms in total. The Kier molecular flexibility index (Phi) is 3.14. The molecule has 0 bridgehead atoms. The maximum absolute atomic E-state index is 12.2. The summed E-state index contributed by atoms with van der Waals surface area (Å²) in [5.74, 6) is 0.136. The fourth-order valence-electron chi connectivity index (χ4n) is 2.50. The van der Waals surface area contributed by atoms with Crippen LogP contribution in [0, 0.1) is 0 Å². The van der Waals surface area contributed by atoms with Gasteiger partial charge in [0.2, 0.25) is 0 Å². The Balaban J connectivity index is 2.02. The Labute approximate surface area is 121 Å². The van der Waals surface area contributed by atoms with Gasteiger partial charge in [-0.2, -0.15) is 0 Å². The second-order valence-electron chi connectivity index (χ2n) is 4.90. The summed E-state index contributed by atoms with van der Waals surface area (Å²) in [4.78, 5) is 12.2. The van der Waals surface area contributed by atoms with Crippen molar-refractivity contribution >= 4 is 11.4 Å². The average Bonchev–Trinajstić information content (AvgIpc) is 2.51. The molecule has 0 amide bonds. The molecule has 106 valence electrons. The highest BCUT2D eigenvalue weighted by molar-refractivity contribution is 6.12. The lowest BCUT2D eigenvalue weighted by Crippen LogP contribution is -2.09. The number of carbonyl (C=O) groups is 1. The molecule has 0 aromatic heterocycles. The number of hydrogen-bond donors (Lipinski definition) is 2. The number of rotatable bonds is 2. The molecular formula is C17H14O4. The highest BCUT2D eigenvalue weighted by Gasteiger charge is 2.23. The topological polar surface area (TPSA) is 66.8 Å². The van der Waals surface area contributed by atoms with Crippen LogP contribution in [0.25, 0.3) is 5.57 Å². The van der Waals surface area contributed by atoms with Gasteiger partial charge < -0.3 is 14.9 Å². The molecule has 0 radical (unpaired) electrons. The van der Waals surface area contributed by atoms with Crippen molar-refractivity contribution in [2.24, 2.45) is 0 Å². The lowest BCUT2D eigenvalue weighted by atomic mass is 9.86. The lowest BCUT2D eigenvalue weighted by molar-refractivity contribution is 0.104. The predicted octanol–water partition coefficient (Wildman–Crippen LogP) is 2.93. The van der Waals surface area contributed by atoms with E-state index < -0.39 is 0 Å². The second kappa shape index (κ2) is 4.98. The summed E-state index contributed by atoms with van der Waals surface area (Å²) in [6.45, 7) is 0. The molecule has 1 aliphatic carbocycles. The van der Waals surface area contributed by atoms with E-state index in [0.29, 0.717) is 17.5 Å². The van der Waals surface area contributed by atoms with Gasteiger partial charge in [0.15, 0.2) is 17.3 Å². The SMILES string of the molecule is COc1ccc(C2=CC(=O)c3ccc(O)c(O)c3C2)cc1. The van der Waals surface area contributed by atoms with E-state index in [1.54, 1.807) is 13.2 Å². The zero-order chi connectivity index (χ0) is 15.0. The molecular weight excluding hydrogens is 268 g/mol. The maximum Gasteiger partial charge on any atom is 0.186 e. The van der Waals surface area contributed by atoms with Gasteiger partial charge in [0.1, 0.15) is 5.75 Å². The van der Waals surface area contributed by atoms with E-state index in [-0.39, 0.29) is 17.3 Å². The van der Waals surface area contributed by atoms with E-state index in [1.807, 2.05) is 24.3 Å². The fourth-order valence-corrected chi connectivity index (χ4v) is 2.50. The van der Waals surface area contributed by atoms with Crippen LogP contribution >= 0.6 is 0 Å². The number of aromatic hydroxyl groups is 2. The monoisotopic (exact) mass is 282 g/mol. The van der Waals surface area contributed by atoms with Gasteiger partial charge >= 0.3 is 0 Å². The standard InChI is InChI=1S/C17H14O4/c1-21-12-4-2-10(3-5-12)11-8-14-13(16(19)9-11)6-7-15(18)17(14)20/h2-7,9,18,20H,8H2,1H3. The van der Waals surface area contributed by atoms with Crippen molar-refractivity contribution in [3.63, 3.8) is 0 Å². The quantitative estimate of drug-likeness (QED) is 0.831. The molecule has 2 aromatic rings. The Bertz CT molecular complexity index is 742. The molecule has 0 unspecified atom stereocenters. The molecule has 0 saturated carbocycles. The van der Waals surface area contributed by atoms with Crippen LogP contribution in [-0.4, -0.2) is 23.1 Å². The van der Waals surface area contributed by atoms with Crippen LogP contribution in [0.1, 0.15) is 21.5 Å². The highest BCUT2D eigenvalue weighted by atomic mass is 16.5. The van der Waals surface area contributed by atoms with Gasteiger partial charge in [0.05, 0.1) is 7.11 Å². The van der Waals surface area contributed by atoms with Crippen LogP contribution in [0.5, 0.6) is 17.2 Å². The van der Waals surface area contributed by atoms with Gasteiger partial charge in [0.25, 0.3) is 0 Å². The Morgan fingerprint density at radius 3 is 2.43 bits per heavy atom. The molecule has 1 aliphatic rings. The van der Waals surface area contributed by atoms with Crippen molar-refractivity contribution in [2.75, 3.05) is 7.11 Å². The van der Waals surface area contributed by atoms with Crippen LogP contribution in [0.4, 0.5) is 0 Å². The first kappa shape index (κ1) is 13.2. The van der Waals surface area contributed by atoms with Gasteiger partial charge in [-0.15, -0.1) is 0 Å². The zero-order valence-electron chi connectivity index (χ0n) is 11.5. The molecule has 0 heterocycles. The summed E-state index contributed by atoms with van der Waals surface area (Å²) in [7, 11) is 1.59. The van der Waals surface area contributed by atoms with Crippen LogP contribution < -0.4 is 4.74 Å². The summed E-state index contributed by atoms with van der Waals surface area (Å²) in [6, 6.07) is 10.2. The Hall–Kier alpha value is -2.75. The lowest BCUT2D eigenvalue weighted by Gasteiger charge is -2.18. The van der Waals surface area contributed by atoms with E-state index in [2.05, 4.69) is 0 Å². The van der Waals surface area contributed by atoms with E-state index in [4.69, 9.17) is 4.74 Å². The van der Waals surface area contributed by atoms with E-state index in [9.17, 15) is 15.0 Å². The highest BCUT2D eigenvalue weighted by Crippen LogP contribution is 2.38. The van der Waals surface area contributed by atoms with Gasteiger partial charge in [-0.05, 0) is 41.5 Å². The molecule has 0 spiro atoms. The largest absolute Gasteiger partial charge is 0.504 e. The Morgan fingerprint density at radius 1 is 1.05 bits per heavy atom. The number of hydrogen-bond acceptors (Lipinski definition) is 4. The van der Waals surface area contributed by atoms with Crippen molar-refractivity contribution < 1.29 is 19.7 Å². The smallest absolute Gasteiger partial charge is 0.186 e. The van der Waals surface area contributed by atoms with Gasteiger partial charge in [-0.1, -0.05) is 12.1 Å². The van der Waals surface area contributed by atoms with E-state index in [1.165, 1.54) is 12.1 Å². The number of methoxy groups -OCH3 is 1. The van der Waals surface area contributed by atoms with Crippen molar-refractivity contribution in [3.05, 3.63) is 59.2 Å². The van der Waals surface area contributed by atoms with Crippen molar-refractivity contribution in [2.45, 2.75) is 6.42 Å². The van der Waals surface area contributed by atoms with Crippen LogP contribution in [0.15, 0.2) is 42.5 Å². The first-order valence-electron chi connectivity index (χ1n) is 6.53. The summed E-state index contributed by atoms with van der Waals surface area (Å²) in [6.07, 6.45) is 1.97. The molecule has 0 aliphatic heterocycles. The summed E-state index contributed by atoms with van der Waals surface area (Å²) >= 11 is 0. The van der Waals surface area contributed by atoms with E-state index >= 15 is 0 Å². The van der Waals surface area contributed by atoms with Crippen molar-refractivity contribution in [1.29, 1.82) is 0 Å². The minimum Gasteiger partial charge on any atom is -0.504 e. The molecule has 3 rings (SSSR count). The third-order valence-electron chi connectivity index (χ3n) is 3.66. The third-order valence-corrected chi connectivity index (χ3v) is 3.66. The number of phenolic OH excluding ortho intramolecular Hbond substituents is 2. The third kappa shape index (κ3) is 2.25. The van der Waals surface area contributed by atoms with Gasteiger partial charge in [-0.25, -0.2) is 0 Å². The molecule has 0 saturated heterocycles. The minimum absolute atomic E-state index is 0.169. The molecule has 2 N–H and O–H groups in total. The van der Waals surface area contributed by atoms with Crippen molar-refractivity contribution in [1.82, 2.24) is 0 Å². The first-order valence-corrected chi connectivity index (χ1v) is 6.53. The van der Waals surface area contributed by atoms with Gasteiger partial charge in [-0.3, -0.25) is 4.79 Å². The normalized spacial score (nSPS) is 13.6. The van der Waals surface area contributed by atoms with Crippen LogP contribution in [0.2, 0.25) is 0 Å². The molecule has 2 aromatic carbocycles. The average molecular weight is 282 g/mol. The van der Waals surface area contributed by atoms with Crippen LogP contribution in [-0.2, 0) is 6.42 Å². The van der Waals surface area contributed by atoms with E-state index in [0.717, 1.165) is 16.9 Å². The Morgan fingerprint density at radius 2 is 1.76 bits per heavy atom. The minimum atomic E-state index is -0.222. The summed E-state index contributed by atoms with van der Waals surface area (Å²) in [5.41, 5.74) is 2.59. The zero-order valence-corrected chi connectivity index (χ0v) is 11.5. The molecule has 0 fully saturated rings. The number of carbonyl (C=O) groups excluding carboxylic acids is 1. The molecule has 21 heavy (non-hydrogen) atoms. The van der Waals surface area contributed by atoms with Crippen molar-refractivity contribution in [3.8, 4) is 17.2 Å². The predicted molar refractivity (Wildman–Crippen MR) is 78.8 cm³/mol. The van der Waals surface area contributed by atoms with Gasteiger partial charge in [0, 0.05) is 17.5 Å². The molecule has 4 heteroatoms. The molecule has 0 atom stereocenters. The maximum atomic E-state index is 12.2.